The quantitative estimate of drug-likeness (QED) is 0.437. The highest BCUT2D eigenvalue weighted by molar-refractivity contribution is 14.0. The molecule has 0 heterocycles. The summed E-state index contributed by atoms with van der Waals surface area (Å²) in [7, 11) is 1.64. The van der Waals surface area contributed by atoms with E-state index in [0.29, 0.717) is 17.8 Å². The van der Waals surface area contributed by atoms with Crippen LogP contribution in [-0.4, -0.2) is 19.6 Å². The van der Waals surface area contributed by atoms with Crippen molar-refractivity contribution in [3.63, 3.8) is 0 Å². The normalized spacial score (nSPS) is 19.6. The van der Waals surface area contributed by atoms with Gasteiger partial charge in [-0.05, 0) is 36.0 Å². The molecular formula is C18H22IN3O. The summed E-state index contributed by atoms with van der Waals surface area (Å²) in [6.45, 7) is 0.757. The number of nitrogens with two attached hydrogens (primary N) is 1. The smallest absolute Gasteiger partial charge is 0.193 e. The van der Waals surface area contributed by atoms with Crippen molar-refractivity contribution in [2.75, 3.05) is 19.0 Å². The number of halogens is 1. The molecule has 0 bridgehead atoms. The van der Waals surface area contributed by atoms with Crippen molar-refractivity contribution in [2.24, 2.45) is 16.6 Å². The van der Waals surface area contributed by atoms with Gasteiger partial charge in [-0.2, -0.15) is 0 Å². The Hall–Kier alpha value is -1.76. The van der Waals surface area contributed by atoms with Crippen molar-refractivity contribution < 1.29 is 4.74 Å². The predicted molar refractivity (Wildman–Crippen MR) is 106 cm³/mol. The van der Waals surface area contributed by atoms with Crippen LogP contribution in [0.2, 0.25) is 0 Å². The van der Waals surface area contributed by atoms with Gasteiger partial charge in [-0.3, -0.25) is 4.99 Å². The zero-order valence-electron chi connectivity index (χ0n) is 13.1. The summed E-state index contributed by atoms with van der Waals surface area (Å²) in [4.78, 5) is 4.46. The summed E-state index contributed by atoms with van der Waals surface area (Å²) in [5.74, 6) is 2.42. The van der Waals surface area contributed by atoms with Crippen molar-refractivity contribution in [1.29, 1.82) is 0 Å². The maximum Gasteiger partial charge on any atom is 0.193 e. The van der Waals surface area contributed by atoms with E-state index in [2.05, 4.69) is 34.6 Å². The number of para-hydroxylation sites is 2. The molecular weight excluding hydrogens is 401 g/mol. The van der Waals surface area contributed by atoms with Gasteiger partial charge in [-0.1, -0.05) is 42.5 Å². The molecule has 2 aromatic carbocycles. The van der Waals surface area contributed by atoms with Crippen LogP contribution < -0.4 is 15.8 Å². The zero-order valence-corrected chi connectivity index (χ0v) is 15.4. The second-order valence-electron chi connectivity index (χ2n) is 5.56. The summed E-state index contributed by atoms with van der Waals surface area (Å²) in [5.41, 5.74) is 8.21. The van der Waals surface area contributed by atoms with Gasteiger partial charge in [0.15, 0.2) is 5.96 Å². The lowest BCUT2D eigenvalue weighted by Crippen LogP contribution is -2.23. The van der Waals surface area contributed by atoms with Gasteiger partial charge in [0.2, 0.25) is 0 Å². The van der Waals surface area contributed by atoms with Crippen molar-refractivity contribution in [3.05, 3.63) is 60.2 Å². The van der Waals surface area contributed by atoms with Gasteiger partial charge in [0.25, 0.3) is 0 Å². The fourth-order valence-corrected chi connectivity index (χ4v) is 2.70. The van der Waals surface area contributed by atoms with E-state index in [4.69, 9.17) is 10.5 Å². The first-order valence-corrected chi connectivity index (χ1v) is 7.53. The van der Waals surface area contributed by atoms with Gasteiger partial charge in [0, 0.05) is 6.54 Å². The molecule has 5 heteroatoms. The minimum Gasteiger partial charge on any atom is -0.495 e. The van der Waals surface area contributed by atoms with E-state index in [1.165, 1.54) is 12.0 Å². The number of anilines is 1. The van der Waals surface area contributed by atoms with Crippen LogP contribution in [0.25, 0.3) is 0 Å². The first-order valence-electron chi connectivity index (χ1n) is 7.53. The molecule has 3 rings (SSSR count). The van der Waals surface area contributed by atoms with E-state index in [1.54, 1.807) is 7.11 Å². The van der Waals surface area contributed by atoms with Gasteiger partial charge < -0.3 is 15.8 Å². The van der Waals surface area contributed by atoms with Crippen LogP contribution in [0, 0.1) is 5.92 Å². The lowest BCUT2D eigenvalue weighted by molar-refractivity contribution is 0.417. The minimum atomic E-state index is 0. The molecule has 0 aromatic heterocycles. The fourth-order valence-electron chi connectivity index (χ4n) is 2.70. The van der Waals surface area contributed by atoms with Crippen molar-refractivity contribution in [3.8, 4) is 5.75 Å². The van der Waals surface area contributed by atoms with E-state index >= 15 is 0 Å². The number of hydrogen-bond acceptors (Lipinski definition) is 2. The maximum atomic E-state index is 5.97. The third kappa shape index (κ3) is 4.60. The Labute approximate surface area is 154 Å². The summed E-state index contributed by atoms with van der Waals surface area (Å²) in [6.07, 6.45) is 1.19. The molecule has 4 nitrogen and oxygen atoms in total. The SMILES string of the molecule is COc1ccccc1NC(N)=NCC1CC1c1ccccc1.I. The molecule has 1 aliphatic rings. The minimum absolute atomic E-state index is 0. The van der Waals surface area contributed by atoms with Crippen LogP contribution in [0.4, 0.5) is 5.69 Å². The molecule has 23 heavy (non-hydrogen) atoms. The number of hydrogen-bond donors (Lipinski definition) is 2. The number of nitrogens with one attached hydrogen (secondary N) is 1. The molecule has 2 unspecified atom stereocenters. The number of guanidine groups is 1. The average Bonchev–Trinajstić information content (AvgIpc) is 3.34. The van der Waals surface area contributed by atoms with Gasteiger partial charge in [0.05, 0.1) is 12.8 Å². The fraction of sp³-hybridized carbons (Fsp3) is 0.278. The highest BCUT2D eigenvalue weighted by Crippen LogP contribution is 2.47. The molecule has 0 radical (unpaired) electrons. The summed E-state index contributed by atoms with van der Waals surface area (Å²) >= 11 is 0. The first kappa shape index (κ1) is 17.6. The first-order chi connectivity index (χ1) is 10.8. The molecule has 1 aliphatic carbocycles. The van der Waals surface area contributed by atoms with Crippen molar-refractivity contribution >= 4 is 35.6 Å². The van der Waals surface area contributed by atoms with Crippen molar-refractivity contribution in [1.82, 2.24) is 0 Å². The van der Waals surface area contributed by atoms with Crippen LogP contribution in [-0.2, 0) is 0 Å². The van der Waals surface area contributed by atoms with Crippen LogP contribution in [0.1, 0.15) is 17.9 Å². The lowest BCUT2D eigenvalue weighted by Gasteiger charge is -2.10. The van der Waals surface area contributed by atoms with E-state index in [0.717, 1.165) is 18.0 Å². The van der Waals surface area contributed by atoms with E-state index in [-0.39, 0.29) is 24.0 Å². The van der Waals surface area contributed by atoms with Gasteiger partial charge in [0.1, 0.15) is 5.75 Å². The maximum absolute atomic E-state index is 5.97. The highest BCUT2D eigenvalue weighted by atomic mass is 127. The number of ether oxygens (including phenoxy) is 1. The van der Waals surface area contributed by atoms with Crippen LogP contribution in [0.5, 0.6) is 5.75 Å². The molecule has 0 aliphatic heterocycles. The predicted octanol–water partition coefficient (Wildman–Crippen LogP) is 3.84. The Morgan fingerprint density at radius 2 is 1.87 bits per heavy atom. The highest BCUT2D eigenvalue weighted by Gasteiger charge is 2.37. The molecule has 0 spiro atoms. The van der Waals surface area contributed by atoms with E-state index < -0.39 is 0 Å². The monoisotopic (exact) mass is 423 g/mol. The largest absolute Gasteiger partial charge is 0.495 e. The second-order valence-corrected chi connectivity index (χ2v) is 5.56. The number of benzene rings is 2. The lowest BCUT2D eigenvalue weighted by atomic mass is 10.1. The average molecular weight is 423 g/mol. The summed E-state index contributed by atoms with van der Waals surface area (Å²) < 4.78 is 5.29. The standard InChI is InChI=1S/C18H21N3O.HI/c1-22-17-10-6-5-9-16(17)21-18(19)20-12-14-11-15(14)13-7-3-2-4-8-13;/h2-10,14-15H,11-12H2,1H3,(H3,19,20,21);1H. The summed E-state index contributed by atoms with van der Waals surface area (Å²) in [5, 5.41) is 3.10. The Bertz CT molecular complexity index is 660. The Balaban J connectivity index is 0.00000192. The molecule has 0 saturated heterocycles. The second kappa shape index (κ2) is 8.19. The van der Waals surface area contributed by atoms with Crippen LogP contribution in [0.3, 0.4) is 0 Å². The number of aliphatic imine (C=N–C) groups is 1. The van der Waals surface area contributed by atoms with Gasteiger partial charge in [-0.25, -0.2) is 0 Å². The molecule has 122 valence electrons. The Morgan fingerprint density at radius 3 is 2.61 bits per heavy atom. The number of rotatable bonds is 5. The molecule has 3 N–H and O–H groups in total. The third-order valence-corrected chi connectivity index (χ3v) is 4.02. The number of nitrogens with zero attached hydrogens (tertiary/aromatic N) is 1. The molecule has 2 aromatic rings. The molecule has 2 atom stereocenters. The third-order valence-electron chi connectivity index (χ3n) is 4.02. The number of methoxy groups -OCH3 is 1. The zero-order chi connectivity index (χ0) is 15.4. The van der Waals surface area contributed by atoms with E-state index in [9.17, 15) is 0 Å². The molecule has 0 amide bonds. The molecule has 1 fully saturated rings. The Morgan fingerprint density at radius 1 is 1.17 bits per heavy atom. The van der Waals surface area contributed by atoms with Gasteiger partial charge in [-0.15, -0.1) is 24.0 Å². The van der Waals surface area contributed by atoms with Gasteiger partial charge >= 0.3 is 0 Å². The van der Waals surface area contributed by atoms with Crippen LogP contribution in [0.15, 0.2) is 59.6 Å². The van der Waals surface area contributed by atoms with Crippen molar-refractivity contribution in [2.45, 2.75) is 12.3 Å². The summed E-state index contributed by atoms with van der Waals surface area (Å²) in [6, 6.07) is 18.3. The Kier molecular flexibility index (Phi) is 6.27. The van der Waals surface area contributed by atoms with Crippen LogP contribution >= 0.6 is 24.0 Å². The topological polar surface area (TPSA) is 59.6 Å². The molecule has 1 saturated carbocycles. The van der Waals surface area contributed by atoms with E-state index in [1.807, 2.05) is 30.3 Å².